The second-order valence-electron chi connectivity index (χ2n) is 7.20. The molecule has 2 aromatic heterocycles. The van der Waals surface area contributed by atoms with E-state index in [9.17, 15) is 4.79 Å². The molecule has 154 valence electrons. The second kappa shape index (κ2) is 9.14. The zero-order valence-corrected chi connectivity index (χ0v) is 17.5. The van der Waals surface area contributed by atoms with Crippen LogP contribution in [0.25, 0.3) is 5.69 Å². The van der Waals surface area contributed by atoms with Gasteiger partial charge in [0.2, 0.25) is 0 Å². The fourth-order valence-corrected chi connectivity index (χ4v) is 3.33. The zero-order valence-electron chi connectivity index (χ0n) is 17.5. The first-order chi connectivity index (χ1) is 15.1. The van der Waals surface area contributed by atoms with Crippen LogP contribution in [-0.4, -0.2) is 32.0 Å². The number of carbonyl (C=O) groups is 1. The van der Waals surface area contributed by atoms with Crippen molar-refractivity contribution >= 4 is 5.91 Å². The quantitative estimate of drug-likeness (QED) is 0.513. The number of carbonyl (C=O) groups excluding carboxylic acids is 1. The van der Waals surface area contributed by atoms with E-state index in [1.54, 1.807) is 16.9 Å². The van der Waals surface area contributed by atoms with E-state index in [-0.39, 0.29) is 5.91 Å². The molecule has 0 atom stereocenters. The molecule has 1 amide bonds. The largest absolute Gasteiger partial charge is 0.350 e. The Bertz CT molecular complexity index is 1240. The molecule has 6 nitrogen and oxygen atoms in total. The molecule has 0 unspecified atom stereocenters. The van der Waals surface area contributed by atoms with Crippen LogP contribution in [0.1, 0.15) is 32.9 Å². The predicted octanol–water partition coefficient (Wildman–Crippen LogP) is 3.52. The number of hydrogen-bond acceptors (Lipinski definition) is 3. The summed E-state index contributed by atoms with van der Waals surface area (Å²) in [5, 5.41) is 11.7. The predicted molar refractivity (Wildman–Crippen MR) is 120 cm³/mol. The van der Waals surface area contributed by atoms with Crippen molar-refractivity contribution in [1.82, 2.24) is 24.9 Å². The molecule has 2 aromatic carbocycles. The Hall–Kier alpha value is -4.11. The van der Waals surface area contributed by atoms with Crippen molar-refractivity contribution in [3.8, 4) is 17.5 Å². The van der Waals surface area contributed by atoms with Gasteiger partial charge in [0.1, 0.15) is 0 Å². The Labute approximate surface area is 181 Å². The summed E-state index contributed by atoms with van der Waals surface area (Å²) in [6.07, 6.45) is 3.57. The van der Waals surface area contributed by atoms with E-state index in [2.05, 4.69) is 27.4 Å². The van der Waals surface area contributed by atoms with Crippen molar-refractivity contribution in [3.63, 3.8) is 0 Å². The van der Waals surface area contributed by atoms with Gasteiger partial charge in [-0.15, -0.1) is 0 Å². The molecule has 0 saturated carbocycles. The van der Waals surface area contributed by atoms with Gasteiger partial charge in [-0.2, -0.15) is 10.2 Å². The third-order valence-corrected chi connectivity index (χ3v) is 4.84. The average molecular weight is 409 g/mol. The highest BCUT2D eigenvalue weighted by atomic mass is 16.1. The van der Waals surface area contributed by atoms with E-state index in [0.717, 1.165) is 28.2 Å². The number of rotatable bonds is 5. The topological polar surface area (TPSA) is 64.7 Å². The summed E-state index contributed by atoms with van der Waals surface area (Å²) in [4.78, 5) is 12.7. The van der Waals surface area contributed by atoms with E-state index < -0.39 is 0 Å². The molecule has 0 aliphatic rings. The summed E-state index contributed by atoms with van der Waals surface area (Å²) in [5.74, 6) is 6.23. The highest BCUT2D eigenvalue weighted by Crippen LogP contribution is 2.16. The monoisotopic (exact) mass is 409 g/mol. The zero-order chi connectivity index (χ0) is 21.6. The molecule has 6 heteroatoms. The van der Waals surface area contributed by atoms with Gasteiger partial charge >= 0.3 is 0 Å². The molecule has 1 N–H and O–H groups in total. The highest BCUT2D eigenvalue weighted by Gasteiger charge is 2.11. The first kappa shape index (κ1) is 20.2. The van der Waals surface area contributed by atoms with Crippen molar-refractivity contribution < 1.29 is 4.79 Å². The van der Waals surface area contributed by atoms with Crippen LogP contribution < -0.4 is 5.32 Å². The van der Waals surface area contributed by atoms with Crippen LogP contribution >= 0.6 is 0 Å². The van der Waals surface area contributed by atoms with Crippen molar-refractivity contribution in [1.29, 1.82) is 0 Å². The SMILES string of the molecule is Cc1cc(C)n(CCNC(=O)c2ccc(-n3cccn3)c(C#Cc3ccccc3)c2)n1. The Morgan fingerprint density at radius 1 is 1.03 bits per heavy atom. The van der Waals surface area contributed by atoms with Gasteiger partial charge in [0.15, 0.2) is 0 Å². The average Bonchev–Trinajstić information content (AvgIpc) is 3.42. The lowest BCUT2D eigenvalue weighted by Crippen LogP contribution is -2.28. The van der Waals surface area contributed by atoms with Gasteiger partial charge in [0.05, 0.1) is 23.5 Å². The number of hydrogen-bond donors (Lipinski definition) is 1. The molecule has 0 aliphatic heterocycles. The summed E-state index contributed by atoms with van der Waals surface area (Å²) in [7, 11) is 0. The molecule has 0 fully saturated rings. The second-order valence-corrected chi connectivity index (χ2v) is 7.20. The highest BCUT2D eigenvalue weighted by molar-refractivity contribution is 5.95. The van der Waals surface area contributed by atoms with Gasteiger partial charge in [-0.3, -0.25) is 9.48 Å². The van der Waals surface area contributed by atoms with Gasteiger partial charge < -0.3 is 5.32 Å². The van der Waals surface area contributed by atoms with Crippen LogP contribution in [0.15, 0.2) is 73.1 Å². The fraction of sp³-hybridized carbons (Fsp3) is 0.160. The molecular weight excluding hydrogens is 386 g/mol. The van der Waals surface area contributed by atoms with Gasteiger partial charge in [-0.25, -0.2) is 4.68 Å². The molecule has 0 saturated heterocycles. The van der Waals surface area contributed by atoms with Crippen LogP contribution in [-0.2, 0) is 6.54 Å². The maximum atomic E-state index is 12.7. The van der Waals surface area contributed by atoms with E-state index in [4.69, 9.17) is 0 Å². The fourth-order valence-electron chi connectivity index (χ4n) is 3.33. The van der Waals surface area contributed by atoms with E-state index in [1.807, 2.05) is 79.3 Å². The number of aromatic nitrogens is 4. The Balaban J connectivity index is 1.55. The number of nitrogens with one attached hydrogen (secondary N) is 1. The number of amides is 1. The van der Waals surface area contributed by atoms with Crippen LogP contribution in [0.3, 0.4) is 0 Å². The lowest BCUT2D eigenvalue weighted by Gasteiger charge is -2.10. The normalized spacial score (nSPS) is 10.4. The van der Waals surface area contributed by atoms with E-state index >= 15 is 0 Å². The third-order valence-electron chi connectivity index (χ3n) is 4.84. The summed E-state index contributed by atoms with van der Waals surface area (Å²) < 4.78 is 3.65. The summed E-state index contributed by atoms with van der Waals surface area (Å²) in [6.45, 7) is 5.08. The minimum absolute atomic E-state index is 0.142. The molecule has 0 radical (unpaired) electrons. The van der Waals surface area contributed by atoms with Crippen LogP contribution in [0, 0.1) is 25.7 Å². The third kappa shape index (κ3) is 4.90. The van der Waals surface area contributed by atoms with Crippen LogP contribution in [0.5, 0.6) is 0 Å². The van der Waals surface area contributed by atoms with Crippen LogP contribution in [0.2, 0.25) is 0 Å². The van der Waals surface area contributed by atoms with Crippen molar-refractivity contribution in [2.24, 2.45) is 0 Å². The van der Waals surface area contributed by atoms with Gasteiger partial charge in [-0.05, 0) is 56.3 Å². The van der Waals surface area contributed by atoms with Crippen molar-refractivity contribution in [3.05, 3.63) is 101 Å². The number of benzene rings is 2. The van der Waals surface area contributed by atoms with Crippen LogP contribution in [0.4, 0.5) is 0 Å². The Kier molecular flexibility index (Phi) is 5.95. The van der Waals surface area contributed by atoms with Crippen molar-refractivity contribution in [2.75, 3.05) is 6.54 Å². The van der Waals surface area contributed by atoms with E-state index in [0.29, 0.717) is 18.7 Å². The molecule has 2 heterocycles. The lowest BCUT2D eigenvalue weighted by atomic mass is 10.1. The molecule has 31 heavy (non-hydrogen) atoms. The summed E-state index contributed by atoms with van der Waals surface area (Å²) >= 11 is 0. The minimum Gasteiger partial charge on any atom is -0.350 e. The Morgan fingerprint density at radius 3 is 2.58 bits per heavy atom. The maximum absolute atomic E-state index is 12.7. The first-order valence-electron chi connectivity index (χ1n) is 10.1. The van der Waals surface area contributed by atoms with Crippen molar-refractivity contribution in [2.45, 2.75) is 20.4 Å². The molecule has 0 aliphatic carbocycles. The maximum Gasteiger partial charge on any atom is 0.251 e. The summed E-state index contributed by atoms with van der Waals surface area (Å²) in [6, 6.07) is 19.1. The molecule has 4 rings (SSSR count). The van der Waals surface area contributed by atoms with E-state index in [1.165, 1.54) is 0 Å². The molecule has 0 spiro atoms. The number of nitrogens with zero attached hydrogens (tertiary/aromatic N) is 4. The van der Waals surface area contributed by atoms with Gasteiger partial charge in [0, 0.05) is 35.8 Å². The smallest absolute Gasteiger partial charge is 0.251 e. The molecular formula is C25H23N5O. The molecule has 4 aromatic rings. The molecule has 0 bridgehead atoms. The summed E-state index contributed by atoms with van der Waals surface area (Å²) in [5.41, 5.74) is 5.08. The standard InChI is InChI=1S/C25H23N5O/c1-19-17-20(2)29(28-19)16-14-26-25(31)23-11-12-24(30-15-6-13-27-30)22(18-23)10-9-21-7-4-3-5-8-21/h3-8,11-13,15,17-18H,14,16H2,1-2H3,(H,26,31). The Morgan fingerprint density at radius 2 is 1.87 bits per heavy atom. The van der Waals surface area contributed by atoms with Gasteiger partial charge in [0.25, 0.3) is 5.91 Å². The lowest BCUT2D eigenvalue weighted by molar-refractivity contribution is 0.0952. The first-order valence-corrected chi connectivity index (χ1v) is 10.1. The van der Waals surface area contributed by atoms with Gasteiger partial charge in [-0.1, -0.05) is 30.0 Å². The number of aryl methyl sites for hydroxylation is 2. The minimum atomic E-state index is -0.142.